The fourth-order valence-electron chi connectivity index (χ4n) is 3.50. The van der Waals surface area contributed by atoms with Gasteiger partial charge in [-0.15, -0.1) is 0 Å². The number of fused-ring (bicyclic) bond motifs is 1. The molecule has 2 aliphatic heterocycles. The summed E-state index contributed by atoms with van der Waals surface area (Å²) >= 11 is 1.87. The topological polar surface area (TPSA) is 57.2 Å². The van der Waals surface area contributed by atoms with Crippen LogP contribution in [0.2, 0.25) is 0 Å². The lowest BCUT2D eigenvalue weighted by atomic mass is 10.1. The lowest BCUT2D eigenvalue weighted by Crippen LogP contribution is -2.33. The largest absolute Gasteiger partial charge is 0.497 e. The Balaban J connectivity index is 1.47. The summed E-state index contributed by atoms with van der Waals surface area (Å²) in [6.45, 7) is 1.68. The molecule has 148 valence electrons. The van der Waals surface area contributed by atoms with E-state index in [4.69, 9.17) is 18.9 Å². The number of hydrogen-bond donors (Lipinski definition) is 0. The van der Waals surface area contributed by atoms with Crippen molar-refractivity contribution < 1.29 is 23.7 Å². The Morgan fingerprint density at radius 1 is 1.07 bits per heavy atom. The van der Waals surface area contributed by atoms with Crippen molar-refractivity contribution >= 4 is 17.7 Å². The van der Waals surface area contributed by atoms with Crippen LogP contribution in [0.25, 0.3) is 0 Å². The van der Waals surface area contributed by atoms with E-state index < -0.39 is 0 Å². The zero-order valence-corrected chi connectivity index (χ0v) is 16.8. The van der Waals surface area contributed by atoms with E-state index in [2.05, 4.69) is 12.1 Å². The number of nitrogens with zero attached hydrogens (tertiary/aromatic N) is 1. The Hall–Kier alpha value is -2.54. The molecule has 0 N–H and O–H groups in total. The van der Waals surface area contributed by atoms with Crippen molar-refractivity contribution in [3.8, 4) is 23.0 Å². The molecule has 2 aliphatic rings. The molecule has 7 heteroatoms. The van der Waals surface area contributed by atoms with Gasteiger partial charge < -0.3 is 23.8 Å². The molecule has 1 atom stereocenters. The third-order valence-electron chi connectivity index (χ3n) is 5.04. The van der Waals surface area contributed by atoms with Gasteiger partial charge in [-0.05, 0) is 36.2 Å². The number of rotatable bonds is 4. The Morgan fingerprint density at radius 3 is 2.75 bits per heavy atom. The minimum Gasteiger partial charge on any atom is -0.497 e. The molecule has 6 nitrogen and oxygen atoms in total. The molecular weight excluding hydrogens is 378 g/mol. The number of benzene rings is 2. The molecule has 2 heterocycles. The highest BCUT2D eigenvalue weighted by Gasteiger charge is 2.26. The van der Waals surface area contributed by atoms with Crippen LogP contribution < -0.4 is 18.9 Å². The number of thioether (sulfide) groups is 1. The van der Waals surface area contributed by atoms with Gasteiger partial charge in [-0.3, -0.25) is 4.79 Å². The molecular formula is C21H23NO5S. The van der Waals surface area contributed by atoms with Gasteiger partial charge in [0.25, 0.3) is 5.91 Å². The van der Waals surface area contributed by atoms with E-state index in [1.807, 2.05) is 22.7 Å². The minimum atomic E-state index is -0.00793. The van der Waals surface area contributed by atoms with Crippen molar-refractivity contribution in [3.63, 3.8) is 0 Å². The maximum atomic E-state index is 13.1. The van der Waals surface area contributed by atoms with Gasteiger partial charge in [0.2, 0.25) is 6.79 Å². The van der Waals surface area contributed by atoms with Crippen LogP contribution in [0.5, 0.6) is 23.0 Å². The number of carbonyl (C=O) groups excluding carboxylic acids is 1. The van der Waals surface area contributed by atoms with Crippen molar-refractivity contribution in [2.45, 2.75) is 11.7 Å². The molecule has 1 unspecified atom stereocenters. The van der Waals surface area contributed by atoms with Crippen molar-refractivity contribution in [2.75, 3.05) is 39.9 Å². The summed E-state index contributed by atoms with van der Waals surface area (Å²) in [6, 6.07) is 11.4. The highest BCUT2D eigenvalue weighted by molar-refractivity contribution is 7.99. The van der Waals surface area contributed by atoms with E-state index >= 15 is 0 Å². The summed E-state index contributed by atoms with van der Waals surface area (Å²) in [5, 5.41) is 0.324. The molecule has 0 aliphatic carbocycles. The monoisotopic (exact) mass is 401 g/mol. The molecule has 28 heavy (non-hydrogen) atoms. The van der Waals surface area contributed by atoms with Crippen LogP contribution in [0.3, 0.4) is 0 Å². The van der Waals surface area contributed by atoms with Crippen LogP contribution in [0, 0.1) is 0 Å². The molecule has 1 amide bonds. The lowest BCUT2D eigenvalue weighted by Gasteiger charge is -2.22. The van der Waals surface area contributed by atoms with Crippen LogP contribution in [-0.2, 0) is 0 Å². The van der Waals surface area contributed by atoms with Gasteiger partial charge in [-0.2, -0.15) is 11.8 Å². The molecule has 4 rings (SSSR count). The molecule has 1 saturated heterocycles. The Kier molecular flexibility index (Phi) is 5.52. The van der Waals surface area contributed by atoms with E-state index in [1.54, 1.807) is 32.4 Å². The van der Waals surface area contributed by atoms with Crippen molar-refractivity contribution in [2.24, 2.45) is 0 Å². The molecule has 0 spiro atoms. The smallest absolute Gasteiger partial charge is 0.257 e. The Labute approximate surface area is 168 Å². The molecule has 1 fully saturated rings. The van der Waals surface area contributed by atoms with Gasteiger partial charge in [0.1, 0.15) is 11.5 Å². The summed E-state index contributed by atoms with van der Waals surface area (Å²) in [5.41, 5.74) is 1.78. The first-order valence-corrected chi connectivity index (χ1v) is 10.3. The second-order valence-electron chi connectivity index (χ2n) is 6.62. The number of ether oxygens (including phenoxy) is 4. The van der Waals surface area contributed by atoms with Gasteiger partial charge in [0, 0.05) is 30.2 Å². The van der Waals surface area contributed by atoms with Crippen LogP contribution in [0.1, 0.15) is 27.6 Å². The van der Waals surface area contributed by atoms with E-state index in [-0.39, 0.29) is 12.7 Å². The molecule has 2 aromatic rings. The fraction of sp³-hybridized carbons (Fsp3) is 0.381. The highest BCUT2D eigenvalue weighted by atomic mass is 32.2. The summed E-state index contributed by atoms with van der Waals surface area (Å²) in [4.78, 5) is 15.0. The first kappa shape index (κ1) is 18.8. The normalized spacial score (nSPS) is 18.5. The first-order valence-electron chi connectivity index (χ1n) is 9.22. The second kappa shape index (κ2) is 8.22. The SMILES string of the molecule is COc1ccc(C(=O)N2CCSC(c3ccc4c(c3)OCO4)CC2)c(OC)c1. The van der Waals surface area contributed by atoms with Crippen LogP contribution in [0.4, 0.5) is 0 Å². The third kappa shape index (κ3) is 3.71. The average Bonchev–Trinajstić information content (AvgIpc) is 3.07. The van der Waals surface area contributed by atoms with Crippen LogP contribution >= 0.6 is 11.8 Å². The van der Waals surface area contributed by atoms with Gasteiger partial charge in [-0.1, -0.05) is 6.07 Å². The fourth-order valence-corrected chi connectivity index (χ4v) is 4.72. The predicted molar refractivity (Wildman–Crippen MR) is 108 cm³/mol. The highest BCUT2D eigenvalue weighted by Crippen LogP contribution is 2.40. The van der Waals surface area contributed by atoms with Gasteiger partial charge in [0.15, 0.2) is 11.5 Å². The van der Waals surface area contributed by atoms with Crippen LogP contribution in [0.15, 0.2) is 36.4 Å². The number of amides is 1. The van der Waals surface area contributed by atoms with E-state index in [0.29, 0.717) is 35.4 Å². The minimum absolute atomic E-state index is 0.00793. The van der Waals surface area contributed by atoms with Crippen molar-refractivity contribution in [1.82, 2.24) is 4.90 Å². The van der Waals surface area contributed by atoms with E-state index in [9.17, 15) is 4.79 Å². The van der Waals surface area contributed by atoms with E-state index in [1.165, 1.54) is 5.56 Å². The van der Waals surface area contributed by atoms with E-state index in [0.717, 1.165) is 23.7 Å². The van der Waals surface area contributed by atoms with Gasteiger partial charge >= 0.3 is 0 Å². The number of hydrogen-bond acceptors (Lipinski definition) is 6. The molecule has 0 bridgehead atoms. The first-order chi connectivity index (χ1) is 13.7. The zero-order valence-electron chi connectivity index (χ0n) is 16.0. The molecule has 2 aromatic carbocycles. The standard InChI is InChI=1S/C21H23NO5S/c1-24-15-4-5-16(18(12-15)25-2)21(23)22-8-7-20(28-10-9-22)14-3-6-17-19(11-14)27-13-26-17/h3-6,11-12,20H,7-10,13H2,1-2H3. The summed E-state index contributed by atoms with van der Waals surface area (Å²) in [7, 11) is 3.16. The maximum absolute atomic E-state index is 13.1. The quantitative estimate of drug-likeness (QED) is 0.778. The second-order valence-corrected chi connectivity index (χ2v) is 7.93. The molecule has 0 saturated carbocycles. The Bertz CT molecular complexity index is 872. The number of carbonyl (C=O) groups is 1. The van der Waals surface area contributed by atoms with Crippen molar-refractivity contribution in [1.29, 1.82) is 0 Å². The molecule has 0 aromatic heterocycles. The van der Waals surface area contributed by atoms with Crippen LogP contribution in [-0.4, -0.2) is 50.7 Å². The third-order valence-corrected chi connectivity index (χ3v) is 6.36. The zero-order chi connectivity index (χ0) is 19.5. The summed E-state index contributed by atoms with van der Waals surface area (Å²) in [6.07, 6.45) is 0.883. The van der Waals surface area contributed by atoms with Gasteiger partial charge in [-0.25, -0.2) is 0 Å². The maximum Gasteiger partial charge on any atom is 0.257 e. The van der Waals surface area contributed by atoms with Crippen molar-refractivity contribution in [3.05, 3.63) is 47.5 Å². The predicted octanol–water partition coefficient (Wildman–Crippen LogP) is 3.75. The lowest BCUT2D eigenvalue weighted by molar-refractivity contribution is 0.0763. The average molecular weight is 401 g/mol. The summed E-state index contributed by atoms with van der Waals surface area (Å²) < 4.78 is 21.5. The molecule has 0 radical (unpaired) electrons. The van der Waals surface area contributed by atoms with Gasteiger partial charge in [0.05, 0.1) is 19.8 Å². The summed E-state index contributed by atoms with van der Waals surface area (Å²) in [5.74, 6) is 3.68. The Morgan fingerprint density at radius 2 is 1.93 bits per heavy atom. The number of methoxy groups -OCH3 is 2.